The molecule has 0 spiro atoms. The minimum absolute atomic E-state index is 0.480. The van der Waals surface area contributed by atoms with E-state index in [1.165, 1.54) is 5.56 Å². The Morgan fingerprint density at radius 3 is 2.83 bits per heavy atom. The van der Waals surface area contributed by atoms with Crippen molar-refractivity contribution < 1.29 is 4.42 Å². The van der Waals surface area contributed by atoms with Gasteiger partial charge in [0.1, 0.15) is 5.52 Å². The van der Waals surface area contributed by atoms with Crippen molar-refractivity contribution in [3.63, 3.8) is 0 Å². The Morgan fingerprint density at radius 2 is 2.00 bits per heavy atom. The lowest BCUT2D eigenvalue weighted by molar-refractivity contribution is 0.618. The molecule has 0 aliphatic carbocycles. The lowest BCUT2D eigenvalue weighted by Gasteiger charge is -2.02. The molecule has 0 radical (unpaired) electrons. The molecule has 0 unspecified atom stereocenters. The van der Waals surface area contributed by atoms with Crippen LogP contribution in [-0.2, 0) is 6.54 Å². The first-order valence-corrected chi connectivity index (χ1v) is 5.93. The highest BCUT2D eigenvalue weighted by Crippen LogP contribution is 2.27. The van der Waals surface area contributed by atoms with E-state index < -0.39 is 0 Å². The first-order valence-electron chi connectivity index (χ1n) is 5.93. The second kappa shape index (κ2) is 4.27. The number of rotatable bonds is 2. The monoisotopic (exact) mass is 238 g/mol. The van der Waals surface area contributed by atoms with Gasteiger partial charge in [-0.3, -0.25) is 0 Å². The van der Waals surface area contributed by atoms with Gasteiger partial charge in [0.25, 0.3) is 0 Å². The van der Waals surface area contributed by atoms with Crippen molar-refractivity contribution in [2.24, 2.45) is 5.73 Å². The second-order valence-electron chi connectivity index (χ2n) is 4.35. The van der Waals surface area contributed by atoms with E-state index in [0.717, 1.165) is 22.2 Å². The third-order valence-corrected chi connectivity index (χ3v) is 3.01. The maximum atomic E-state index is 5.78. The zero-order chi connectivity index (χ0) is 12.5. The van der Waals surface area contributed by atoms with Gasteiger partial charge in [-0.2, -0.15) is 0 Å². The Hall–Kier alpha value is -2.13. The van der Waals surface area contributed by atoms with Gasteiger partial charge < -0.3 is 10.2 Å². The minimum atomic E-state index is 0.480. The van der Waals surface area contributed by atoms with E-state index in [0.29, 0.717) is 12.4 Å². The fraction of sp³-hybridized carbons (Fsp3) is 0.133. The zero-order valence-electron chi connectivity index (χ0n) is 10.2. The Morgan fingerprint density at radius 1 is 1.17 bits per heavy atom. The summed E-state index contributed by atoms with van der Waals surface area (Å²) in [6, 6.07) is 13.9. The molecule has 0 saturated heterocycles. The highest BCUT2D eigenvalue weighted by atomic mass is 16.3. The van der Waals surface area contributed by atoms with Crippen LogP contribution in [0.25, 0.3) is 22.6 Å². The van der Waals surface area contributed by atoms with E-state index in [1.807, 2.05) is 49.4 Å². The summed E-state index contributed by atoms with van der Waals surface area (Å²) in [7, 11) is 0. The zero-order valence-corrected chi connectivity index (χ0v) is 10.2. The molecule has 0 bridgehead atoms. The largest absolute Gasteiger partial charge is 0.436 e. The summed E-state index contributed by atoms with van der Waals surface area (Å²) in [5, 5.41) is 0. The SMILES string of the molecule is Cc1ccc2oc(-c3ccccc3CN)nc2c1. The lowest BCUT2D eigenvalue weighted by atomic mass is 10.1. The Labute approximate surface area is 105 Å². The van der Waals surface area contributed by atoms with E-state index in [1.54, 1.807) is 0 Å². The quantitative estimate of drug-likeness (QED) is 0.745. The first-order chi connectivity index (χ1) is 8.78. The van der Waals surface area contributed by atoms with E-state index in [2.05, 4.69) is 4.98 Å². The number of nitrogens with two attached hydrogens (primary N) is 1. The molecule has 0 fully saturated rings. The molecule has 3 heteroatoms. The number of fused-ring (bicyclic) bond motifs is 1. The molecule has 3 nitrogen and oxygen atoms in total. The number of hydrogen-bond donors (Lipinski definition) is 1. The van der Waals surface area contributed by atoms with Gasteiger partial charge in [0, 0.05) is 12.1 Å². The van der Waals surface area contributed by atoms with Gasteiger partial charge in [0.05, 0.1) is 0 Å². The third-order valence-electron chi connectivity index (χ3n) is 3.01. The molecule has 0 amide bonds. The number of nitrogens with zero attached hydrogens (tertiary/aromatic N) is 1. The fourth-order valence-corrected chi connectivity index (χ4v) is 2.06. The number of oxazole rings is 1. The van der Waals surface area contributed by atoms with Gasteiger partial charge in [-0.05, 0) is 36.2 Å². The summed E-state index contributed by atoms with van der Waals surface area (Å²) in [5.74, 6) is 0.636. The minimum Gasteiger partial charge on any atom is -0.436 e. The molecule has 0 atom stereocenters. The molecule has 3 rings (SSSR count). The summed E-state index contributed by atoms with van der Waals surface area (Å²) in [5.41, 5.74) is 10.6. The molecule has 0 aliphatic heterocycles. The molecule has 0 saturated carbocycles. The molecule has 1 aromatic heterocycles. The van der Waals surface area contributed by atoms with E-state index >= 15 is 0 Å². The smallest absolute Gasteiger partial charge is 0.227 e. The fourth-order valence-electron chi connectivity index (χ4n) is 2.06. The van der Waals surface area contributed by atoms with Crippen LogP contribution in [0.4, 0.5) is 0 Å². The van der Waals surface area contributed by atoms with E-state index in [9.17, 15) is 0 Å². The summed E-state index contributed by atoms with van der Waals surface area (Å²) in [6.45, 7) is 2.52. The average molecular weight is 238 g/mol. The molecule has 90 valence electrons. The number of benzene rings is 2. The standard InChI is InChI=1S/C15H14N2O/c1-10-6-7-14-13(8-10)17-15(18-14)12-5-3-2-4-11(12)9-16/h2-8H,9,16H2,1H3. The molecule has 0 aliphatic rings. The van der Waals surface area contributed by atoms with Gasteiger partial charge in [-0.1, -0.05) is 24.3 Å². The highest BCUT2D eigenvalue weighted by molar-refractivity contribution is 5.77. The maximum Gasteiger partial charge on any atom is 0.227 e. The number of hydrogen-bond acceptors (Lipinski definition) is 3. The normalized spacial score (nSPS) is 11.0. The molecule has 3 aromatic rings. The van der Waals surface area contributed by atoms with Crippen molar-refractivity contribution in [1.29, 1.82) is 0 Å². The number of aryl methyl sites for hydroxylation is 1. The Bertz CT molecular complexity index is 701. The summed E-state index contributed by atoms with van der Waals surface area (Å²) in [6.07, 6.45) is 0. The van der Waals surface area contributed by atoms with Crippen LogP contribution in [-0.4, -0.2) is 4.98 Å². The molecular formula is C15H14N2O. The van der Waals surface area contributed by atoms with Crippen LogP contribution in [0.3, 0.4) is 0 Å². The predicted molar refractivity (Wildman–Crippen MR) is 72.1 cm³/mol. The van der Waals surface area contributed by atoms with Crippen molar-refractivity contribution >= 4 is 11.1 Å². The Balaban J connectivity index is 2.19. The summed E-state index contributed by atoms with van der Waals surface area (Å²) in [4.78, 5) is 4.53. The topological polar surface area (TPSA) is 52.0 Å². The van der Waals surface area contributed by atoms with Crippen molar-refractivity contribution in [3.05, 3.63) is 53.6 Å². The van der Waals surface area contributed by atoms with Gasteiger partial charge >= 0.3 is 0 Å². The van der Waals surface area contributed by atoms with E-state index in [-0.39, 0.29) is 0 Å². The molecule has 1 heterocycles. The molecule has 18 heavy (non-hydrogen) atoms. The van der Waals surface area contributed by atoms with Crippen molar-refractivity contribution in [1.82, 2.24) is 4.98 Å². The van der Waals surface area contributed by atoms with Crippen LogP contribution in [0.5, 0.6) is 0 Å². The highest BCUT2D eigenvalue weighted by Gasteiger charge is 2.11. The van der Waals surface area contributed by atoms with Crippen molar-refractivity contribution in [3.8, 4) is 11.5 Å². The van der Waals surface area contributed by atoms with Gasteiger partial charge in [0.2, 0.25) is 5.89 Å². The average Bonchev–Trinajstić information content (AvgIpc) is 2.81. The van der Waals surface area contributed by atoms with Crippen LogP contribution in [0.2, 0.25) is 0 Å². The molecular weight excluding hydrogens is 224 g/mol. The molecule has 2 aromatic carbocycles. The maximum absolute atomic E-state index is 5.78. The van der Waals surface area contributed by atoms with E-state index in [4.69, 9.17) is 10.2 Å². The van der Waals surface area contributed by atoms with Crippen molar-refractivity contribution in [2.45, 2.75) is 13.5 Å². The Kier molecular flexibility index (Phi) is 2.61. The lowest BCUT2D eigenvalue weighted by Crippen LogP contribution is -1.98. The van der Waals surface area contributed by atoms with Crippen LogP contribution >= 0.6 is 0 Å². The molecule has 2 N–H and O–H groups in total. The second-order valence-corrected chi connectivity index (χ2v) is 4.35. The van der Waals surface area contributed by atoms with Crippen LogP contribution in [0, 0.1) is 6.92 Å². The predicted octanol–water partition coefficient (Wildman–Crippen LogP) is 3.26. The summed E-state index contributed by atoms with van der Waals surface area (Å²) >= 11 is 0. The van der Waals surface area contributed by atoms with Crippen molar-refractivity contribution in [2.75, 3.05) is 0 Å². The number of aromatic nitrogens is 1. The summed E-state index contributed by atoms with van der Waals surface area (Å²) < 4.78 is 5.78. The van der Waals surface area contributed by atoms with Gasteiger partial charge in [-0.25, -0.2) is 4.98 Å². The first kappa shape index (κ1) is 11.0. The van der Waals surface area contributed by atoms with Gasteiger partial charge in [-0.15, -0.1) is 0 Å². The third kappa shape index (κ3) is 1.79. The van der Waals surface area contributed by atoms with Crippen LogP contribution in [0.15, 0.2) is 46.9 Å². The van der Waals surface area contributed by atoms with Crippen LogP contribution in [0.1, 0.15) is 11.1 Å². The van der Waals surface area contributed by atoms with Gasteiger partial charge in [0.15, 0.2) is 5.58 Å². The van der Waals surface area contributed by atoms with Crippen LogP contribution < -0.4 is 5.73 Å².